The van der Waals surface area contributed by atoms with E-state index in [-0.39, 0.29) is 17.7 Å². The molecule has 4 aromatic rings. The number of nitrogens with zero attached hydrogens (tertiary/aromatic N) is 2. The molecule has 1 aliphatic rings. The van der Waals surface area contributed by atoms with E-state index in [2.05, 4.69) is 0 Å². The second kappa shape index (κ2) is 10.0. The summed E-state index contributed by atoms with van der Waals surface area (Å²) in [5.74, 6) is -3.21. The summed E-state index contributed by atoms with van der Waals surface area (Å²) in [7, 11) is 0. The first kappa shape index (κ1) is 26.7. The van der Waals surface area contributed by atoms with Crippen LogP contribution >= 0.6 is 0 Å². The number of hydrogen-bond donors (Lipinski definition) is 1. The molecule has 0 saturated carbocycles. The smallest absolute Gasteiger partial charge is 0.337 e. The van der Waals surface area contributed by atoms with E-state index in [4.69, 9.17) is 14.5 Å². The van der Waals surface area contributed by atoms with Gasteiger partial charge in [-0.3, -0.25) is 0 Å². The number of aliphatic carboxylic acids is 1. The number of carboxylic acids is 1. The summed E-state index contributed by atoms with van der Waals surface area (Å²) in [4.78, 5) is 17.2. The van der Waals surface area contributed by atoms with Crippen molar-refractivity contribution in [2.75, 3.05) is 6.61 Å². The van der Waals surface area contributed by atoms with Gasteiger partial charge in [0.05, 0.1) is 12.2 Å². The Labute approximate surface area is 224 Å². The SMILES string of the molecule is Cc1nc2c(ccn2Cc2ccc(F)c(F)c2)c(-c2cc3c(cc2F)OCCC3)c1[C@H](OC(C)(C)C)C(=O)O. The predicted octanol–water partition coefficient (Wildman–Crippen LogP) is 6.74. The lowest BCUT2D eigenvalue weighted by Gasteiger charge is -2.28. The molecular formula is C30H29F3N2O4. The first-order valence-electron chi connectivity index (χ1n) is 12.7. The van der Waals surface area contributed by atoms with E-state index in [9.17, 15) is 18.7 Å². The molecule has 204 valence electrons. The van der Waals surface area contributed by atoms with Crippen molar-refractivity contribution in [1.82, 2.24) is 9.55 Å². The Morgan fingerprint density at radius 2 is 1.90 bits per heavy atom. The standard InChI is InChI=1S/C30H29F3N2O4/c1-16-25(27(29(36)37)39-30(2,3)4)26(20-13-18-6-5-11-38-24(18)14-22(20)32)19-9-10-35(28(19)34-16)15-17-7-8-21(31)23(33)12-17/h7-10,12-14,27H,5-6,11,15H2,1-4H3,(H,36,37)/t27-/m0/s1. The van der Waals surface area contributed by atoms with Crippen molar-refractivity contribution in [1.29, 1.82) is 0 Å². The van der Waals surface area contributed by atoms with Crippen molar-refractivity contribution < 1.29 is 32.5 Å². The van der Waals surface area contributed by atoms with Crippen LogP contribution in [-0.2, 0) is 22.5 Å². The van der Waals surface area contributed by atoms with E-state index in [1.165, 1.54) is 12.1 Å². The largest absolute Gasteiger partial charge is 0.493 e. The molecule has 2 aromatic carbocycles. The lowest BCUT2D eigenvalue weighted by Crippen LogP contribution is -2.28. The minimum Gasteiger partial charge on any atom is -0.493 e. The quantitative estimate of drug-likeness (QED) is 0.294. The Kier molecular flexibility index (Phi) is 6.88. The van der Waals surface area contributed by atoms with Gasteiger partial charge in [-0.05, 0) is 75.9 Å². The molecule has 5 rings (SSSR count). The van der Waals surface area contributed by atoms with Crippen LogP contribution in [0.5, 0.6) is 5.75 Å². The number of pyridine rings is 1. The molecule has 1 N–H and O–H groups in total. The first-order valence-corrected chi connectivity index (χ1v) is 12.7. The van der Waals surface area contributed by atoms with Crippen molar-refractivity contribution in [2.24, 2.45) is 0 Å². The van der Waals surface area contributed by atoms with Gasteiger partial charge in [0.2, 0.25) is 0 Å². The topological polar surface area (TPSA) is 73.6 Å². The number of ether oxygens (including phenoxy) is 2. The molecule has 3 heterocycles. The second-order valence-corrected chi connectivity index (χ2v) is 10.8. The van der Waals surface area contributed by atoms with Crippen molar-refractivity contribution in [3.8, 4) is 16.9 Å². The van der Waals surface area contributed by atoms with E-state index in [1.54, 1.807) is 50.6 Å². The summed E-state index contributed by atoms with van der Waals surface area (Å²) >= 11 is 0. The molecule has 6 nitrogen and oxygen atoms in total. The van der Waals surface area contributed by atoms with Crippen LogP contribution in [-0.4, -0.2) is 32.8 Å². The highest BCUT2D eigenvalue weighted by atomic mass is 19.2. The third-order valence-corrected chi connectivity index (χ3v) is 6.70. The van der Waals surface area contributed by atoms with Gasteiger partial charge in [0.1, 0.15) is 17.2 Å². The fraction of sp³-hybridized carbons (Fsp3) is 0.333. The summed E-state index contributed by atoms with van der Waals surface area (Å²) in [6, 6.07) is 8.44. The molecule has 1 atom stereocenters. The highest BCUT2D eigenvalue weighted by Crippen LogP contribution is 2.42. The van der Waals surface area contributed by atoms with Gasteiger partial charge >= 0.3 is 5.97 Å². The molecule has 0 fully saturated rings. The average molecular weight is 539 g/mol. The van der Waals surface area contributed by atoms with Gasteiger partial charge in [-0.15, -0.1) is 0 Å². The Morgan fingerprint density at radius 1 is 1.13 bits per heavy atom. The van der Waals surface area contributed by atoms with Crippen molar-refractivity contribution >= 4 is 17.0 Å². The maximum Gasteiger partial charge on any atom is 0.337 e. The maximum atomic E-state index is 15.8. The molecule has 0 aliphatic carbocycles. The Bertz CT molecular complexity index is 1590. The number of carbonyl (C=O) groups is 1. The number of rotatable bonds is 6. The number of hydrogen-bond acceptors (Lipinski definition) is 4. The minimum absolute atomic E-state index is 0.174. The molecule has 0 saturated heterocycles. The van der Waals surface area contributed by atoms with Gasteiger partial charge in [-0.1, -0.05) is 6.07 Å². The Hall–Kier alpha value is -3.85. The number of aryl methyl sites for hydroxylation is 2. The highest BCUT2D eigenvalue weighted by Gasteiger charge is 2.34. The van der Waals surface area contributed by atoms with Crippen molar-refractivity contribution in [3.63, 3.8) is 0 Å². The van der Waals surface area contributed by atoms with E-state index < -0.39 is 35.1 Å². The Balaban J connectivity index is 1.77. The van der Waals surface area contributed by atoms with Crippen LogP contribution in [0.4, 0.5) is 13.2 Å². The van der Waals surface area contributed by atoms with Crippen molar-refractivity contribution in [3.05, 3.63) is 82.4 Å². The summed E-state index contributed by atoms with van der Waals surface area (Å²) in [6.07, 6.45) is 1.78. The van der Waals surface area contributed by atoms with Crippen molar-refractivity contribution in [2.45, 2.75) is 58.8 Å². The Morgan fingerprint density at radius 3 is 2.59 bits per heavy atom. The van der Waals surface area contributed by atoms with E-state index in [0.29, 0.717) is 46.6 Å². The van der Waals surface area contributed by atoms with Crippen LogP contribution in [0.2, 0.25) is 0 Å². The van der Waals surface area contributed by atoms with Crippen LogP contribution in [0.15, 0.2) is 42.6 Å². The molecule has 39 heavy (non-hydrogen) atoms. The molecule has 0 amide bonds. The third kappa shape index (κ3) is 5.23. The number of halogens is 3. The second-order valence-electron chi connectivity index (χ2n) is 10.8. The van der Waals surface area contributed by atoms with Gasteiger partial charge < -0.3 is 19.1 Å². The zero-order chi connectivity index (χ0) is 28.1. The molecule has 0 unspecified atom stereocenters. The van der Waals surface area contributed by atoms with E-state index in [0.717, 1.165) is 24.1 Å². The van der Waals surface area contributed by atoms with Gasteiger partial charge in [-0.25, -0.2) is 22.9 Å². The van der Waals surface area contributed by atoms with Crippen LogP contribution in [0.1, 0.15) is 55.7 Å². The fourth-order valence-corrected chi connectivity index (χ4v) is 5.05. The van der Waals surface area contributed by atoms with Gasteiger partial charge in [0.15, 0.2) is 17.7 Å². The van der Waals surface area contributed by atoms with Crippen LogP contribution in [0, 0.1) is 24.4 Å². The number of carboxylic acid groups (broad SMARTS) is 1. The maximum absolute atomic E-state index is 15.8. The molecular weight excluding hydrogens is 509 g/mol. The highest BCUT2D eigenvalue weighted by molar-refractivity contribution is 5.98. The molecule has 2 aromatic heterocycles. The summed E-state index contributed by atoms with van der Waals surface area (Å²) in [6.45, 7) is 7.59. The number of aromatic nitrogens is 2. The summed E-state index contributed by atoms with van der Waals surface area (Å²) < 4.78 is 56.5. The third-order valence-electron chi connectivity index (χ3n) is 6.70. The average Bonchev–Trinajstić information content (AvgIpc) is 3.25. The molecule has 1 aliphatic heterocycles. The number of benzene rings is 2. The zero-order valence-electron chi connectivity index (χ0n) is 22.1. The zero-order valence-corrected chi connectivity index (χ0v) is 22.1. The lowest BCUT2D eigenvalue weighted by atomic mass is 9.90. The summed E-state index contributed by atoms with van der Waals surface area (Å²) in [5.41, 5.74) is 2.16. The van der Waals surface area contributed by atoms with Crippen LogP contribution in [0.3, 0.4) is 0 Å². The molecule has 0 spiro atoms. The van der Waals surface area contributed by atoms with E-state index >= 15 is 4.39 Å². The van der Waals surface area contributed by atoms with Crippen LogP contribution in [0.25, 0.3) is 22.2 Å². The predicted molar refractivity (Wildman–Crippen MR) is 140 cm³/mol. The summed E-state index contributed by atoms with van der Waals surface area (Å²) in [5, 5.41) is 10.7. The van der Waals surface area contributed by atoms with Gasteiger partial charge in [0.25, 0.3) is 0 Å². The fourth-order valence-electron chi connectivity index (χ4n) is 5.05. The monoisotopic (exact) mass is 538 g/mol. The van der Waals surface area contributed by atoms with Gasteiger partial charge in [-0.2, -0.15) is 0 Å². The normalized spacial score (nSPS) is 14.2. The molecule has 9 heteroatoms. The molecule has 0 radical (unpaired) electrons. The van der Waals surface area contributed by atoms with E-state index in [1.807, 2.05) is 0 Å². The molecule has 0 bridgehead atoms. The lowest BCUT2D eigenvalue weighted by molar-refractivity contribution is -0.160. The first-order chi connectivity index (χ1) is 18.4. The number of fused-ring (bicyclic) bond motifs is 2. The van der Waals surface area contributed by atoms with Crippen LogP contribution < -0.4 is 4.74 Å². The minimum atomic E-state index is -1.42. The van der Waals surface area contributed by atoms with Gasteiger partial charge in [0, 0.05) is 46.6 Å².